The Kier molecular flexibility index (Phi) is 6.94. The summed E-state index contributed by atoms with van der Waals surface area (Å²) in [7, 11) is 0. The van der Waals surface area contributed by atoms with Gasteiger partial charge in [-0.05, 0) is 12.8 Å². The Morgan fingerprint density at radius 2 is 1.72 bits per heavy atom. The van der Waals surface area contributed by atoms with Gasteiger partial charge in [0.05, 0.1) is 55.5 Å². The molecular formula is C22H22F6N8O3. The molecule has 3 aromatic rings. The number of H-pyrrole nitrogens is 1. The minimum atomic E-state index is -4.83. The highest BCUT2D eigenvalue weighted by molar-refractivity contribution is 5.80. The third-order valence-corrected chi connectivity index (χ3v) is 6.87. The predicted octanol–water partition coefficient (Wildman–Crippen LogP) is 2.23. The van der Waals surface area contributed by atoms with E-state index in [2.05, 4.69) is 20.2 Å². The molecule has 2 aliphatic rings. The van der Waals surface area contributed by atoms with E-state index >= 15 is 0 Å². The Balaban J connectivity index is 1.13. The molecule has 0 bridgehead atoms. The lowest BCUT2D eigenvalue weighted by Crippen LogP contribution is -2.40. The number of hydrogen-bond donors (Lipinski definition) is 1. The van der Waals surface area contributed by atoms with Crippen LogP contribution in [0, 0.1) is 0 Å². The molecule has 0 radical (unpaired) electrons. The van der Waals surface area contributed by atoms with Gasteiger partial charge in [0.15, 0.2) is 5.69 Å². The van der Waals surface area contributed by atoms with E-state index in [0.717, 1.165) is 23.3 Å². The van der Waals surface area contributed by atoms with Gasteiger partial charge in [0.25, 0.3) is 5.56 Å². The molecule has 39 heavy (non-hydrogen) atoms. The third kappa shape index (κ3) is 5.26. The molecule has 2 saturated heterocycles. The Morgan fingerprint density at radius 3 is 2.41 bits per heavy atom. The second-order valence-corrected chi connectivity index (χ2v) is 9.15. The number of amides is 1. The number of nitrogens with zero attached hydrogens (tertiary/aromatic N) is 7. The predicted molar refractivity (Wildman–Crippen MR) is 121 cm³/mol. The monoisotopic (exact) mass is 560 g/mol. The van der Waals surface area contributed by atoms with Crippen molar-refractivity contribution in [1.29, 1.82) is 0 Å². The first-order valence-electron chi connectivity index (χ1n) is 12.0. The summed E-state index contributed by atoms with van der Waals surface area (Å²) in [5, 5.41) is 8.40. The Morgan fingerprint density at radius 1 is 1.00 bits per heavy atom. The van der Waals surface area contributed by atoms with E-state index in [-0.39, 0.29) is 55.6 Å². The van der Waals surface area contributed by atoms with Crippen LogP contribution in [0.25, 0.3) is 10.9 Å². The molecule has 0 unspecified atom stereocenters. The molecule has 11 nitrogen and oxygen atoms in total. The van der Waals surface area contributed by atoms with Crippen LogP contribution in [0.2, 0.25) is 0 Å². The van der Waals surface area contributed by atoms with Gasteiger partial charge in [-0.15, -0.1) is 0 Å². The Bertz CT molecular complexity index is 1400. The molecule has 0 spiro atoms. The van der Waals surface area contributed by atoms with Crippen LogP contribution >= 0.6 is 0 Å². The van der Waals surface area contributed by atoms with Crippen LogP contribution in [0.3, 0.4) is 0 Å². The third-order valence-electron chi connectivity index (χ3n) is 6.87. The molecule has 1 amide bonds. The zero-order valence-corrected chi connectivity index (χ0v) is 20.2. The number of likely N-dealkylation sites (tertiary alicyclic amines) is 1. The fraction of sp³-hybridized carbons (Fsp3) is 0.545. The van der Waals surface area contributed by atoms with E-state index in [9.17, 15) is 35.9 Å². The van der Waals surface area contributed by atoms with E-state index in [1.807, 2.05) is 10.00 Å². The van der Waals surface area contributed by atoms with Crippen molar-refractivity contribution in [2.75, 3.05) is 31.2 Å². The largest absolute Gasteiger partial charge is 0.435 e. The number of nitrogens with one attached hydrogen (secondary N) is 1. The molecule has 17 heteroatoms. The van der Waals surface area contributed by atoms with Crippen molar-refractivity contribution >= 4 is 22.8 Å². The number of aromatic amines is 1. The number of fused-ring (bicyclic) bond motifs is 2. The number of halogens is 6. The minimum absolute atomic E-state index is 0.0165. The van der Waals surface area contributed by atoms with Crippen molar-refractivity contribution in [1.82, 2.24) is 34.8 Å². The van der Waals surface area contributed by atoms with Crippen LogP contribution in [0.5, 0.6) is 0 Å². The fourth-order valence-corrected chi connectivity index (χ4v) is 5.12. The highest BCUT2D eigenvalue weighted by Gasteiger charge is 2.45. The standard InChI is InChI=1S/C22H22F6N8O3/c23-21(24,25)12-9-29-20(30-10-12)35-5-2-13-14(35)1-4-34(13)16(37)3-7-39-8-6-36-15-11-31-32-19(38)17(15)18(33-36)22(26,27)28/h9-11,13-14H,1-8H2,(H,32,38)/t13-,14-/m0/s1. The first-order valence-corrected chi connectivity index (χ1v) is 12.0. The molecule has 2 atom stereocenters. The summed E-state index contributed by atoms with van der Waals surface area (Å²) in [6, 6.07) is -0.246. The maximum atomic E-state index is 13.3. The van der Waals surface area contributed by atoms with Crippen molar-refractivity contribution in [3.63, 3.8) is 0 Å². The van der Waals surface area contributed by atoms with E-state index in [4.69, 9.17) is 4.74 Å². The normalized spacial score (nSPS) is 19.7. The first kappa shape index (κ1) is 26.8. The minimum Gasteiger partial charge on any atom is -0.379 e. The second kappa shape index (κ2) is 10.1. The summed E-state index contributed by atoms with van der Waals surface area (Å²) in [6.07, 6.45) is -5.52. The van der Waals surface area contributed by atoms with Gasteiger partial charge in [-0.3, -0.25) is 14.3 Å². The Hall–Kier alpha value is -3.76. The highest BCUT2D eigenvalue weighted by atomic mass is 19.4. The van der Waals surface area contributed by atoms with Gasteiger partial charge in [-0.2, -0.15) is 36.5 Å². The van der Waals surface area contributed by atoms with Crippen LogP contribution in [0.1, 0.15) is 30.5 Å². The average molecular weight is 560 g/mol. The number of hydrogen-bond acceptors (Lipinski definition) is 8. The quantitative estimate of drug-likeness (QED) is 0.345. The lowest BCUT2D eigenvalue weighted by Gasteiger charge is -2.25. The zero-order valence-electron chi connectivity index (χ0n) is 20.2. The highest BCUT2D eigenvalue weighted by Crippen LogP contribution is 2.35. The molecule has 0 aromatic carbocycles. The average Bonchev–Trinajstić information content (AvgIpc) is 3.57. The number of ether oxygens (including phenoxy) is 1. The number of rotatable bonds is 7. The van der Waals surface area contributed by atoms with Gasteiger partial charge in [0.2, 0.25) is 11.9 Å². The maximum Gasteiger partial charge on any atom is 0.435 e. The van der Waals surface area contributed by atoms with Crippen molar-refractivity contribution in [2.24, 2.45) is 0 Å². The van der Waals surface area contributed by atoms with Gasteiger partial charge in [-0.25, -0.2) is 15.1 Å². The number of alkyl halides is 6. The Labute approximate surface area is 215 Å². The van der Waals surface area contributed by atoms with Gasteiger partial charge in [-0.1, -0.05) is 0 Å². The summed E-state index contributed by atoms with van der Waals surface area (Å²) < 4.78 is 84.7. The molecule has 210 valence electrons. The maximum absolute atomic E-state index is 13.3. The number of aromatic nitrogens is 6. The smallest absolute Gasteiger partial charge is 0.379 e. The van der Waals surface area contributed by atoms with Crippen LogP contribution in [0.4, 0.5) is 32.3 Å². The van der Waals surface area contributed by atoms with Crippen molar-refractivity contribution in [2.45, 2.75) is 50.2 Å². The van der Waals surface area contributed by atoms with Crippen molar-refractivity contribution < 1.29 is 35.9 Å². The molecule has 3 aromatic heterocycles. The molecular weight excluding hydrogens is 538 g/mol. The van der Waals surface area contributed by atoms with Gasteiger partial charge in [0, 0.05) is 25.5 Å². The first-order chi connectivity index (χ1) is 18.4. The molecule has 2 fully saturated rings. The lowest BCUT2D eigenvalue weighted by atomic mass is 10.1. The summed E-state index contributed by atoms with van der Waals surface area (Å²) in [5.41, 5.74) is -3.34. The van der Waals surface area contributed by atoms with Crippen LogP contribution in [-0.2, 0) is 28.4 Å². The molecule has 5 rings (SSSR count). The summed E-state index contributed by atoms with van der Waals surface area (Å²) >= 11 is 0. The number of anilines is 1. The van der Waals surface area contributed by atoms with E-state index in [1.54, 1.807) is 4.90 Å². The zero-order chi connectivity index (χ0) is 27.9. The number of carbonyl (C=O) groups excluding carboxylic acids is 1. The van der Waals surface area contributed by atoms with Crippen molar-refractivity contribution in [3.8, 4) is 0 Å². The molecule has 0 saturated carbocycles. The fourth-order valence-electron chi connectivity index (χ4n) is 5.12. The van der Waals surface area contributed by atoms with Gasteiger partial charge >= 0.3 is 12.4 Å². The van der Waals surface area contributed by atoms with Gasteiger partial charge in [0.1, 0.15) is 5.39 Å². The lowest BCUT2D eigenvalue weighted by molar-refractivity contribution is -0.140. The number of carbonyl (C=O) groups is 1. The van der Waals surface area contributed by atoms with E-state index in [1.165, 1.54) is 0 Å². The van der Waals surface area contributed by atoms with Crippen LogP contribution < -0.4 is 10.5 Å². The molecule has 0 aliphatic carbocycles. The molecule has 5 heterocycles. The summed E-state index contributed by atoms with van der Waals surface area (Å²) in [4.78, 5) is 36.0. The second-order valence-electron chi connectivity index (χ2n) is 9.15. The van der Waals surface area contributed by atoms with Crippen LogP contribution in [-0.4, -0.2) is 79.1 Å². The van der Waals surface area contributed by atoms with Crippen molar-refractivity contribution in [3.05, 3.63) is 40.2 Å². The molecule has 1 N–H and O–H groups in total. The van der Waals surface area contributed by atoms with E-state index in [0.29, 0.717) is 25.9 Å². The summed E-state index contributed by atoms with van der Waals surface area (Å²) in [5.74, 6) is 0.0162. The van der Waals surface area contributed by atoms with E-state index < -0.39 is 34.6 Å². The topological polar surface area (TPSA) is 122 Å². The molecule has 2 aliphatic heterocycles. The van der Waals surface area contributed by atoms with Gasteiger partial charge < -0.3 is 14.5 Å². The summed E-state index contributed by atoms with van der Waals surface area (Å²) in [6.45, 7) is 0.826. The van der Waals surface area contributed by atoms with Crippen LogP contribution in [0.15, 0.2) is 23.4 Å². The SMILES string of the molecule is O=C(CCOCCn1nc(C(F)(F)F)c2c(=O)[nH]ncc21)N1CC[C@H]2[C@@H]1CCN2c1ncc(C(F)(F)F)cn1.